The standard InChI is InChI=1S/C13H13Cl3N2O3/c14-6-4-8(15)11(9(16)5-6)18-13(21)17-10-3-1-2-7(10)12(19)20/h4-5,7,10H,1-3H2,(H,19,20)(H2,17,18,21). The first-order valence-electron chi connectivity index (χ1n) is 6.33. The third kappa shape index (κ3) is 3.93. The molecule has 0 aliphatic heterocycles. The van der Waals surface area contributed by atoms with Crippen molar-refractivity contribution >= 4 is 52.5 Å². The Hall–Kier alpha value is -1.17. The lowest BCUT2D eigenvalue weighted by molar-refractivity contribution is -0.142. The maximum atomic E-state index is 12.0. The molecular formula is C13H13Cl3N2O3. The minimum atomic E-state index is -0.902. The van der Waals surface area contributed by atoms with Crippen LogP contribution in [0.25, 0.3) is 0 Å². The molecule has 0 spiro atoms. The quantitative estimate of drug-likeness (QED) is 0.769. The molecule has 1 aromatic carbocycles. The number of rotatable bonds is 3. The van der Waals surface area contributed by atoms with E-state index in [9.17, 15) is 9.59 Å². The van der Waals surface area contributed by atoms with Crippen LogP contribution in [0.1, 0.15) is 19.3 Å². The predicted molar refractivity (Wildman–Crippen MR) is 82.4 cm³/mol. The summed E-state index contributed by atoms with van der Waals surface area (Å²) in [6.45, 7) is 0. The van der Waals surface area contributed by atoms with Gasteiger partial charge in [-0.1, -0.05) is 41.2 Å². The van der Waals surface area contributed by atoms with Crippen LogP contribution in [-0.2, 0) is 4.79 Å². The van der Waals surface area contributed by atoms with Crippen molar-refractivity contribution in [1.82, 2.24) is 5.32 Å². The van der Waals surface area contributed by atoms with Crippen LogP contribution in [0, 0.1) is 5.92 Å². The van der Waals surface area contributed by atoms with Gasteiger partial charge in [0.15, 0.2) is 0 Å². The van der Waals surface area contributed by atoms with E-state index in [0.717, 1.165) is 6.42 Å². The molecule has 1 aliphatic carbocycles. The second kappa shape index (κ2) is 6.73. The van der Waals surface area contributed by atoms with Crippen LogP contribution in [0.2, 0.25) is 15.1 Å². The van der Waals surface area contributed by atoms with Crippen LogP contribution in [0.4, 0.5) is 10.5 Å². The van der Waals surface area contributed by atoms with Crippen molar-refractivity contribution in [1.29, 1.82) is 0 Å². The van der Waals surface area contributed by atoms with Gasteiger partial charge in [-0.15, -0.1) is 0 Å². The Morgan fingerprint density at radius 3 is 2.33 bits per heavy atom. The summed E-state index contributed by atoms with van der Waals surface area (Å²) in [6, 6.07) is 1.98. The Morgan fingerprint density at radius 1 is 1.14 bits per heavy atom. The molecule has 21 heavy (non-hydrogen) atoms. The molecular weight excluding hydrogens is 339 g/mol. The number of hydrogen-bond acceptors (Lipinski definition) is 2. The van der Waals surface area contributed by atoms with Gasteiger partial charge in [-0.05, 0) is 25.0 Å². The zero-order chi connectivity index (χ0) is 15.6. The van der Waals surface area contributed by atoms with Crippen molar-refractivity contribution in [3.05, 3.63) is 27.2 Å². The van der Waals surface area contributed by atoms with Gasteiger partial charge in [0.05, 0.1) is 21.7 Å². The van der Waals surface area contributed by atoms with E-state index < -0.39 is 24.0 Å². The molecule has 2 amide bonds. The van der Waals surface area contributed by atoms with Gasteiger partial charge < -0.3 is 15.7 Å². The summed E-state index contributed by atoms with van der Waals surface area (Å²) in [7, 11) is 0. The van der Waals surface area contributed by atoms with E-state index >= 15 is 0 Å². The summed E-state index contributed by atoms with van der Waals surface area (Å²) in [5.41, 5.74) is 0.241. The van der Waals surface area contributed by atoms with Crippen molar-refractivity contribution in [2.45, 2.75) is 25.3 Å². The van der Waals surface area contributed by atoms with Gasteiger partial charge in [-0.3, -0.25) is 4.79 Å². The molecule has 2 unspecified atom stereocenters. The lowest BCUT2D eigenvalue weighted by atomic mass is 10.0. The highest BCUT2D eigenvalue weighted by molar-refractivity contribution is 6.42. The number of halogens is 3. The molecule has 1 fully saturated rings. The minimum Gasteiger partial charge on any atom is -0.481 e. The molecule has 8 heteroatoms. The SMILES string of the molecule is O=C(Nc1c(Cl)cc(Cl)cc1Cl)NC1CCCC1C(=O)O. The molecule has 1 aromatic rings. The summed E-state index contributed by atoms with van der Waals surface area (Å²) in [4.78, 5) is 23.0. The summed E-state index contributed by atoms with van der Waals surface area (Å²) in [5.74, 6) is -1.47. The molecule has 0 saturated heterocycles. The van der Waals surface area contributed by atoms with Crippen LogP contribution in [0.3, 0.4) is 0 Å². The van der Waals surface area contributed by atoms with Crippen molar-refractivity contribution in [3.8, 4) is 0 Å². The Bertz CT molecular complexity index is 557. The number of carboxylic acids is 1. The average Bonchev–Trinajstić information content (AvgIpc) is 2.82. The topological polar surface area (TPSA) is 78.4 Å². The summed E-state index contributed by atoms with van der Waals surface area (Å²) in [6.07, 6.45) is 1.96. The summed E-state index contributed by atoms with van der Waals surface area (Å²) in [5, 5.41) is 15.0. The molecule has 0 radical (unpaired) electrons. The number of urea groups is 1. The van der Waals surface area contributed by atoms with Crippen molar-refractivity contribution < 1.29 is 14.7 Å². The van der Waals surface area contributed by atoms with E-state index in [1.807, 2.05) is 0 Å². The number of aliphatic carboxylic acids is 1. The van der Waals surface area contributed by atoms with Crippen molar-refractivity contribution in [2.24, 2.45) is 5.92 Å². The molecule has 2 rings (SSSR count). The Labute approximate surface area is 136 Å². The first kappa shape index (κ1) is 16.2. The number of amides is 2. The highest BCUT2D eigenvalue weighted by Crippen LogP contribution is 2.33. The van der Waals surface area contributed by atoms with Crippen LogP contribution < -0.4 is 10.6 Å². The van der Waals surface area contributed by atoms with Gasteiger partial charge in [0.1, 0.15) is 0 Å². The average molecular weight is 352 g/mol. The number of carbonyl (C=O) groups excluding carboxylic acids is 1. The molecule has 2 atom stereocenters. The number of carbonyl (C=O) groups is 2. The molecule has 3 N–H and O–H groups in total. The maximum absolute atomic E-state index is 12.0. The predicted octanol–water partition coefficient (Wildman–Crippen LogP) is 4.02. The van der Waals surface area contributed by atoms with Crippen LogP contribution in [0.15, 0.2) is 12.1 Å². The fraction of sp³-hybridized carbons (Fsp3) is 0.385. The normalized spacial score (nSPS) is 21.1. The first-order chi connectivity index (χ1) is 9.88. The van der Waals surface area contributed by atoms with Gasteiger partial charge in [0.25, 0.3) is 0 Å². The molecule has 1 saturated carbocycles. The zero-order valence-corrected chi connectivity index (χ0v) is 13.1. The first-order valence-corrected chi connectivity index (χ1v) is 7.46. The number of nitrogens with one attached hydrogen (secondary N) is 2. The number of carboxylic acid groups (broad SMARTS) is 1. The molecule has 0 bridgehead atoms. The van der Waals surface area contributed by atoms with Gasteiger partial charge >= 0.3 is 12.0 Å². The van der Waals surface area contributed by atoms with E-state index in [4.69, 9.17) is 39.9 Å². The number of anilines is 1. The van der Waals surface area contributed by atoms with Crippen molar-refractivity contribution in [3.63, 3.8) is 0 Å². The van der Waals surface area contributed by atoms with Gasteiger partial charge in [0, 0.05) is 11.1 Å². The zero-order valence-electron chi connectivity index (χ0n) is 10.8. The monoisotopic (exact) mass is 350 g/mol. The maximum Gasteiger partial charge on any atom is 0.319 e. The number of benzene rings is 1. The minimum absolute atomic E-state index is 0.212. The van der Waals surface area contributed by atoms with Crippen LogP contribution >= 0.6 is 34.8 Å². The number of hydrogen-bond donors (Lipinski definition) is 3. The molecule has 1 aliphatic rings. The van der Waals surface area contributed by atoms with Crippen molar-refractivity contribution in [2.75, 3.05) is 5.32 Å². The highest BCUT2D eigenvalue weighted by Gasteiger charge is 2.34. The lowest BCUT2D eigenvalue weighted by Crippen LogP contribution is -2.42. The smallest absolute Gasteiger partial charge is 0.319 e. The van der Waals surface area contributed by atoms with E-state index in [2.05, 4.69) is 10.6 Å². The third-order valence-corrected chi connectivity index (χ3v) is 4.21. The molecule has 5 nitrogen and oxygen atoms in total. The third-order valence-electron chi connectivity index (χ3n) is 3.40. The van der Waals surface area contributed by atoms with E-state index in [-0.39, 0.29) is 15.7 Å². The Morgan fingerprint density at radius 2 is 1.76 bits per heavy atom. The Kier molecular flexibility index (Phi) is 5.19. The second-order valence-electron chi connectivity index (χ2n) is 4.83. The summed E-state index contributed by atoms with van der Waals surface area (Å²) < 4.78 is 0. The van der Waals surface area contributed by atoms with E-state index in [1.165, 1.54) is 12.1 Å². The molecule has 114 valence electrons. The van der Waals surface area contributed by atoms with Gasteiger partial charge in [0.2, 0.25) is 0 Å². The lowest BCUT2D eigenvalue weighted by Gasteiger charge is -2.18. The highest BCUT2D eigenvalue weighted by atomic mass is 35.5. The summed E-state index contributed by atoms with van der Waals surface area (Å²) >= 11 is 17.7. The van der Waals surface area contributed by atoms with E-state index in [1.54, 1.807) is 0 Å². The molecule has 0 heterocycles. The second-order valence-corrected chi connectivity index (χ2v) is 6.08. The molecule has 0 aromatic heterocycles. The van der Waals surface area contributed by atoms with Gasteiger partial charge in [-0.2, -0.15) is 0 Å². The Balaban J connectivity index is 2.04. The van der Waals surface area contributed by atoms with Crippen LogP contribution in [-0.4, -0.2) is 23.1 Å². The van der Waals surface area contributed by atoms with E-state index in [0.29, 0.717) is 17.9 Å². The fourth-order valence-electron chi connectivity index (χ4n) is 2.41. The fourth-order valence-corrected chi connectivity index (χ4v) is 3.32. The largest absolute Gasteiger partial charge is 0.481 e. The van der Waals surface area contributed by atoms with Crippen LogP contribution in [0.5, 0.6) is 0 Å². The van der Waals surface area contributed by atoms with Gasteiger partial charge in [-0.25, -0.2) is 4.79 Å².